The first-order chi connectivity index (χ1) is 7.81. The van der Waals surface area contributed by atoms with Crippen LogP contribution in [0.3, 0.4) is 0 Å². The van der Waals surface area contributed by atoms with Gasteiger partial charge in [-0.2, -0.15) is 0 Å². The van der Waals surface area contributed by atoms with Crippen LogP contribution in [0.15, 0.2) is 30.3 Å². The van der Waals surface area contributed by atoms with Crippen LogP contribution in [0.1, 0.15) is 19.4 Å². The Labute approximate surface area is 98.8 Å². The van der Waals surface area contributed by atoms with Crippen molar-refractivity contribution in [3.05, 3.63) is 35.9 Å². The van der Waals surface area contributed by atoms with Crippen molar-refractivity contribution in [3.63, 3.8) is 0 Å². The number of rotatable bonds is 5. The topological polar surface area (TPSA) is 21.3 Å². The second kappa shape index (κ2) is 5.51. The molecular weight excluding hydrogens is 231 g/mol. The number of hydrogen-bond acceptors (Lipinski definition) is 2. The summed E-state index contributed by atoms with van der Waals surface area (Å²) in [7, 11) is 0. The Hall–Kier alpha value is -1.07. The van der Waals surface area contributed by atoms with Crippen molar-refractivity contribution in [2.75, 3.05) is 13.2 Å². The fourth-order valence-electron chi connectivity index (χ4n) is 1.49. The molecule has 1 aromatic rings. The minimum Gasteiger partial charge on any atom is -0.306 e. The molecule has 0 aliphatic heterocycles. The van der Waals surface area contributed by atoms with Crippen molar-refractivity contribution in [1.82, 2.24) is 5.32 Å². The van der Waals surface area contributed by atoms with Crippen LogP contribution >= 0.6 is 0 Å². The summed E-state index contributed by atoms with van der Waals surface area (Å²) in [6.45, 7) is 3.58. The number of benzene rings is 1. The smallest absolute Gasteiger partial charge is 0.306 e. The second-order valence-corrected chi connectivity index (χ2v) is 4.21. The van der Waals surface area contributed by atoms with Crippen LogP contribution in [0.2, 0.25) is 0 Å². The molecule has 0 heterocycles. The summed E-state index contributed by atoms with van der Waals surface area (Å²) in [5.74, 6) is 0. The Balaban J connectivity index is 2.41. The van der Waals surface area contributed by atoms with Gasteiger partial charge in [0, 0.05) is 12.1 Å². The summed E-state index contributed by atoms with van der Waals surface area (Å²) in [5.41, 5.74) is 0.642. The maximum absolute atomic E-state index is 11.7. The molecule has 0 fully saturated rings. The fourth-order valence-corrected chi connectivity index (χ4v) is 1.49. The molecule has 0 bridgehead atoms. The van der Waals surface area contributed by atoms with E-state index in [0.29, 0.717) is 0 Å². The van der Waals surface area contributed by atoms with Crippen LogP contribution < -0.4 is 5.32 Å². The molecule has 0 saturated heterocycles. The predicted octanol–water partition coefficient (Wildman–Crippen LogP) is 3.05. The molecule has 0 aliphatic rings. The Bertz CT molecular complexity index is 335. The first-order valence-electron chi connectivity index (χ1n) is 5.32. The monoisotopic (exact) mass is 247 g/mol. The highest BCUT2D eigenvalue weighted by molar-refractivity contribution is 5.22. The summed E-state index contributed by atoms with van der Waals surface area (Å²) in [5, 5.41) is 3.02. The van der Waals surface area contributed by atoms with Gasteiger partial charge in [0.05, 0.1) is 6.61 Å². The van der Waals surface area contributed by atoms with Crippen LogP contribution in [0.4, 0.5) is 13.2 Å². The van der Waals surface area contributed by atoms with Crippen molar-refractivity contribution in [1.29, 1.82) is 0 Å². The molecule has 5 heteroatoms. The molecule has 1 rings (SSSR count). The Morgan fingerprint density at radius 2 is 1.71 bits per heavy atom. The van der Waals surface area contributed by atoms with E-state index in [1.54, 1.807) is 0 Å². The van der Waals surface area contributed by atoms with Gasteiger partial charge in [-0.25, -0.2) is 0 Å². The lowest BCUT2D eigenvalue weighted by Gasteiger charge is -2.27. The van der Waals surface area contributed by atoms with Crippen LogP contribution in [-0.2, 0) is 10.3 Å². The highest BCUT2D eigenvalue weighted by Gasteiger charge is 2.29. The Morgan fingerprint density at radius 3 is 2.24 bits per heavy atom. The van der Waals surface area contributed by atoms with Crippen molar-refractivity contribution in [3.8, 4) is 0 Å². The molecule has 0 saturated carbocycles. The lowest BCUT2D eigenvalue weighted by molar-refractivity contribution is -0.323. The molecule has 0 spiro atoms. The van der Waals surface area contributed by atoms with Crippen LogP contribution in [0, 0.1) is 0 Å². The molecular formula is C12H16F3NO. The summed E-state index contributed by atoms with van der Waals surface area (Å²) in [4.78, 5) is 0. The maximum Gasteiger partial charge on any atom is 0.522 e. The minimum absolute atomic E-state index is 0.140. The molecule has 0 atom stereocenters. The van der Waals surface area contributed by atoms with E-state index >= 15 is 0 Å². The van der Waals surface area contributed by atoms with Crippen molar-refractivity contribution in [2.45, 2.75) is 25.7 Å². The van der Waals surface area contributed by atoms with Gasteiger partial charge in [-0.3, -0.25) is 4.74 Å². The summed E-state index contributed by atoms with van der Waals surface area (Å²) >= 11 is 0. The quantitative estimate of drug-likeness (QED) is 0.807. The number of ether oxygens (including phenoxy) is 1. The molecule has 0 aromatic heterocycles. The first-order valence-corrected chi connectivity index (χ1v) is 5.32. The van der Waals surface area contributed by atoms with E-state index in [2.05, 4.69) is 10.1 Å². The second-order valence-electron chi connectivity index (χ2n) is 4.21. The molecule has 1 N–H and O–H groups in total. The third kappa shape index (κ3) is 5.19. The third-order valence-corrected chi connectivity index (χ3v) is 2.43. The molecule has 96 valence electrons. The lowest BCUT2D eigenvalue weighted by atomic mass is 9.94. The van der Waals surface area contributed by atoms with Crippen molar-refractivity contribution in [2.24, 2.45) is 0 Å². The summed E-state index contributed by atoms with van der Waals surface area (Å²) in [6.07, 6.45) is -4.56. The lowest BCUT2D eigenvalue weighted by Crippen LogP contribution is -2.39. The van der Waals surface area contributed by atoms with E-state index in [0.717, 1.165) is 5.56 Å². The normalized spacial score (nSPS) is 12.8. The van der Waals surface area contributed by atoms with Crippen molar-refractivity contribution < 1.29 is 17.9 Å². The van der Waals surface area contributed by atoms with Gasteiger partial charge in [-0.15, -0.1) is 13.2 Å². The van der Waals surface area contributed by atoms with Gasteiger partial charge in [0.1, 0.15) is 0 Å². The van der Waals surface area contributed by atoms with Crippen molar-refractivity contribution >= 4 is 0 Å². The van der Waals surface area contributed by atoms with Gasteiger partial charge in [-0.05, 0) is 19.4 Å². The van der Waals surface area contributed by atoms with E-state index in [9.17, 15) is 13.2 Å². The highest BCUT2D eigenvalue weighted by atomic mass is 19.4. The summed E-state index contributed by atoms with van der Waals surface area (Å²) in [6, 6.07) is 9.54. The van der Waals surface area contributed by atoms with E-state index < -0.39 is 6.36 Å². The van der Waals surface area contributed by atoms with Crippen LogP contribution in [0.5, 0.6) is 0 Å². The van der Waals surface area contributed by atoms with Crippen LogP contribution in [0.25, 0.3) is 0 Å². The van der Waals surface area contributed by atoms with Gasteiger partial charge in [-0.1, -0.05) is 30.3 Å². The maximum atomic E-state index is 11.7. The van der Waals surface area contributed by atoms with Gasteiger partial charge < -0.3 is 5.32 Å². The van der Waals surface area contributed by atoms with Crippen LogP contribution in [-0.4, -0.2) is 19.5 Å². The zero-order valence-corrected chi connectivity index (χ0v) is 9.84. The fraction of sp³-hybridized carbons (Fsp3) is 0.500. The molecule has 2 nitrogen and oxygen atoms in total. The first kappa shape index (κ1) is 14.0. The zero-order valence-electron chi connectivity index (χ0n) is 9.84. The molecule has 1 aromatic carbocycles. The molecule has 0 amide bonds. The number of hydrogen-bond donors (Lipinski definition) is 1. The van der Waals surface area contributed by atoms with E-state index in [4.69, 9.17) is 0 Å². The van der Waals surface area contributed by atoms with E-state index in [1.807, 2.05) is 44.2 Å². The Kier molecular flexibility index (Phi) is 4.54. The third-order valence-electron chi connectivity index (χ3n) is 2.43. The standard InChI is InChI=1S/C12H16F3NO/c1-11(2,10-6-4-3-5-7-10)16-8-9-17-12(13,14)15/h3-7,16H,8-9H2,1-2H3. The number of halogens is 3. The van der Waals surface area contributed by atoms with Gasteiger partial charge in [0.2, 0.25) is 0 Å². The predicted molar refractivity (Wildman–Crippen MR) is 59.5 cm³/mol. The number of nitrogens with one attached hydrogen (secondary N) is 1. The SMILES string of the molecule is CC(C)(NCCOC(F)(F)F)c1ccccc1. The van der Waals surface area contributed by atoms with Gasteiger partial charge in [0.25, 0.3) is 0 Å². The Morgan fingerprint density at radius 1 is 1.12 bits per heavy atom. The largest absolute Gasteiger partial charge is 0.522 e. The van der Waals surface area contributed by atoms with E-state index in [-0.39, 0.29) is 18.7 Å². The molecule has 0 radical (unpaired) electrons. The molecule has 17 heavy (non-hydrogen) atoms. The zero-order chi connectivity index (χ0) is 12.9. The minimum atomic E-state index is -4.56. The van der Waals surface area contributed by atoms with Gasteiger partial charge >= 0.3 is 6.36 Å². The molecule has 0 aliphatic carbocycles. The average Bonchev–Trinajstić information content (AvgIpc) is 2.25. The van der Waals surface area contributed by atoms with Gasteiger partial charge in [0.15, 0.2) is 0 Å². The average molecular weight is 247 g/mol. The number of alkyl halides is 3. The summed E-state index contributed by atoms with van der Waals surface area (Å²) < 4.78 is 38.9. The van der Waals surface area contributed by atoms with E-state index in [1.165, 1.54) is 0 Å². The highest BCUT2D eigenvalue weighted by Crippen LogP contribution is 2.19. The molecule has 0 unspecified atom stereocenters.